The third-order valence-electron chi connectivity index (χ3n) is 4.91. The molecule has 3 aromatic carbocycles. The van der Waals surface area contributed by atoms with Crippen molar-refractivity contribution >= 4 is 175 Å². The van der Waals surface area contributed by atoms with Gasteiger partial charge < -0.3 is 15.4 Å². The lowest BCUT2D eigenvalue weighted by Gasteiger charge is -2.15. The first kappa shape index (κ1) is 35.7. The van der Waals surface area contributed by atoms with Crippen molar-refractivity contribution in [2.45, 2.75) is 5.25 Å². The molecule has 0 heterocycles. The number of anilines is 2. The number of amides is 2. The molecule has 3 aromatic rings. The minimum atomic E-state index is -5.84. The topological polar surface area (TPSA) is 139 Å². The molecule has 0 atom stereocenters. The van der Waals surface area contributed by atoms with Crippen LogP contribution >= 0.6 is 136 Å². The van der Waals surface area contributed by atoms with Gasteiger partial charge in [0.2, 0.25) is 0 Å². The fourth-order valence-electron chi connectivity index (χ4n) is 3.04. The molecule has 0 aliphatic heterocycles. The molecule has 9 nitrogen and oxygen atoms in total. The molecule has 0 spiro atoms. The lowest BCUT2D eigenvalue weighted by atomic mass is 10.1. The molecule has 2 amide bonds. The van der Waals surface area contributed by atoms with E-state index in [1.807, 2.05) is 57.3 Å². The summed E-state index contributed by atoms with van der Waals surface area (Å²) in [5.41, 5.74) is 0.298. The maximum Gasteiger partial charge on any atom is 0.402 e. The van der Waals surface area contributed by atoms with Crippen LogP contribution in [0.1, 0.15) is 31.1 Å². The van der Waals surface area contributed by atoms with E-state index >= 15 is 0 Å². The zero-order chi connectivity index (χ0) is 30.9. The molecular weight excluding hydrogens is 1250 g/mol. The third kappa shape index (κ3) is 9.36. The summed E-state index contributed by atoms with van der Waals surface area (Å²) in [6.45, 7) is -1.96. The smallest absolute Gasteiger partial charge is 0.402 e. The van der Waals surface area contributed by atoms with Gasteiger partial charge in [-0.1, -0.05) is 0 Å². The summed E-state index contributed by atoms with van der Waals surface area (Å²) in [7, 11) is -5.84. The summed E-state index contributed by atoms with van der Waals surface area (Å²) in [4.78, 5) is 38.9. The van der Waals surface area contributed by atoms with E-state index in [4.69, 9.17) is 4.55 Å². The van der Waals surface area contributed by atoms with Crippen LogP contribution in [0.15, 0.2) is 42.5 Å². The quantitative estimate of drug-likeness (QED) is 0.0923. The van der Waals surface area contributed by atoms with Gasteiger partial charge in [0.15, 0.2) is 6.61 Å². The van der Waals surface area contributed by atoms with Crippen LogP contribution in [-0.2, 0) is 14.9 Å². The van der Waals surface area contributed by atoms with E-state index in [-0.39, 0.29) is 16.9 Å². The normalized spacial score (nSPS) is 11.6. The SMILES string of the molecule is O=C(OCC(F)(F)S(=O)(=O)O)c1cc(NC(=O)c2cc(I)cc(I)c2I)cc(NC(=O)c2cc(I)cc(I)c2I)c1. The Kier molecular flexibility index (Phi) is 12.7. The number of esters is 1. The monoisotopic (exact) mass is 1260 g/mol. The highest BCUT2D eigenvalue weighted by molar-refractivity contribution is 14.1. The third-order valence-corrected chi connectivity index (χ3v) is 13.1. The van der Waals surface area contributed by atoms with Gasteiger partial charge in [-0.3, -0.25) is 14.1 Å². The Morgan fingerprint density at radius 3 is 1.56 bits per heavy atom. The highest BCUT2D eigenvalue weighted by Crippen LogP contribution is 2.28. The highest BCUT2D eigenvalue weighted by atomic mass is 127. The Labute approximate surface area is 314 Å². The summed E-state index contributed by atoms with van der Waals surface area (Å²) in [6, 6.07) is 10.6. The zero-order valence-electron chi connectivity index (χ0n) is 19.6. The number of hydrogen-bond donors (Lipinski definition) is 3. The number of alkyl halides is 2. The van der Waals surface area contributed by atoms with E-state index in [1.54, 1.807) is 12.1 Å². The largest absolute Gasteiger partial charge is 0.454 e. The van der Waals surface area contributed by atoms with Gasteiger partial charge in [0.1, 0.15) is 0 Å². The van der Waals surface area contributed by atoms with Crippen molar-refractivity contribution in [2.75, 3.05) is 17.2 Å². The van der Waals surface area contributed by atoms with Crippen LogP contribution in [0.3, 0.4) is 0 Å². The molecule has 3 N–H and O–H groups in total. The van der Waals surface area contributed by atoms with Crippen molar-refractivity contribution in [3.8, 4) is 0 Å². The van der Waals surface area contributed by atoms with E-state index in [2.05, 4.69) is 106 Å². The van der Waals surface area contributed by atoms with Crippen LogP contribution in [0.2, 0.25) is 0 Å². The molecule has 18 heteroatoms. The average Bonchev–Trinajstić information content (AvgIpc) is 2.85. The molecule has 0 aliphatic rings. The number of carbonyl (C=O) groups excluding carboxylic acids is 3. The predicted octanol–water partition coefficient (Wildman–Crippen LogP) is 7.46. The van der Waals surface area contributed by atoms with Crippen LogP contribution < -0.4 is 10.6 Å². The molecule has 0 bridgehead atoms. The second kappa shape index (κ2) is 14.5. The van der Waals surface area contributed by atoms with E-state index in [0.717, 1.165) is 26.4 Å². The van der Waals surface area contributed by atoms with Crippen molar-refractivity contribution in [1.29, 1.82) is 0 Å². The van der Waals surface area contributed by atoms with Gasteiger partial charge in [0, 0.05) is 32.8 Å². The molecule has 0 fully saturated rings. The van der Waals surface area contributed by atoms with Gasteiger partial charge in [-0.25, -0.2) is 4.79 Å². The maximum atomic E-state index is 13.7. The van der Waals surface area contributed by atoms with Gasteiger partial charge in [0.05, 0.1) is 16.7 Å². The molecule has 218 valence electrons. The molecule has 0 unspecified atom stereocenters. The second-order valence-electron chi connectivity index (χ2n) is 7.89. The lowest BCUT2D eigenvalue weighted by molar-refractivity contribution is -0.00950. The summed E-state index contributed by atoms with van der Waals surface area (Å²) < 4.78 is 66.8. The van der Waals surface area contributed by atoms with Crippen molar-refractivity contribution in [1.82, 2.24) is 0 Å². The Bertz CT molecular complexity index is 1600. The van der Waals surface area contributed by atoms with E-state index < -0.39 is 39.8 Å². The molecule has 3 rings (SSSR count). The second-order valence-corrected chi connectivity index (χ2v) is 16.4. The standard InChI is InChI=1S/C23H12F2I6N2O7S/c24-23(25,41(37,38)39)8-40-22(36)9-1-12(32-20(34)14-3-10(26)5-16(28)18(14)30)7-13(2-9)33-21(35)15-4-11(27)6-17(29)19(15)31/h1-7H,8H2,(H,32,34)(H,33,35)(H,37,38,39). The Morgan fingerprint density at radius 1 is 0.756 bits per heavy atom. The van der Waals surface area contributed by atoms with E-state index in [0.29, 0.717) is 18.3 Å². The fourth-order valence-corrected chi connectivity index (χ4v) is 8.05. The van der Waals surface area contributed by atoms with E-state index in [9.17, 15) is 31.6 Å². The predicted molar refractivity (Wildman–Crippen MR) is 198 cm³/mol. The van der Waals surface area contributed by atoms with Crippen molar-refractivity contribution < 1.29 is 40.9 Å². The highest BCUT2D eigenvalue weighted by Gasteiger charge is 2.45. The van der Waals surface area contributed by atoms with E-state index in [1.165, 1.54) is 6.07 Å². The number of ether oxygens (including phenoxy) is 1. The van der Waals surface area contributed by atoms with Crippen LogP contribution in [0, 0.1) is 21.4 Å². The number of nitrogens with one attached hydrogen (secondary N) is 2. The maximum absolute atomic E-state index is 13.7. The van der Waals surface area contributed by atoms with Gasteiger partial charge in [-0.05, 0) is 178 Å². The minimum Gasteiger partial charge on any atom is -0.454 e. The lowest BCUT2D eigenvalue weighted by Crippen LogP contribution is -2.34. The van der Waals surface area contributed by atoms with Crippen molar-refractivity contribution in [2.24, 2.45) is 0 Å². The summed E-state index contributed by atoms with van der Waals surface area (Å²) in [5.74, 6) is -2.49. The minimum absolute atomic E-state index is 0.0119. The number of benzene rings is 3. The zero-order valence-corrected chi connectivity index (χ0v) is 33.3. The Balaban J connectivity index is 2.00. The fraction of sp³-hybridized carbons (Fsp3) is 0.0870. The van der Waals surface area contributed by atoms with Crippen LogP contribution in [-0.4, -0.2) is 42.6 Å². The Morgan fingerprint density at radius 2 is 1.17 bits per heavy atom. The van der Waals surface area contributed by atoms with Gasteiger partial charge in [0.25, 0.3) is 11.8 Å². The number of halogens is 8. The first-order valence-electron chi connectivity index (χ1n) is 10.5. The summed E-state index contributed by atoms with van der Waals surface area (Å²) >= 11 is 12.3. The molecule has 0 saturated carbocycles. The van der Waals surface area contributed by atoms with Gasteiger partial charge in [-0.2, -0.15) is 17.2 Å². The first-order valence-corrected chi connectivity index (χ1v) is 18.4. The van der Waals surface area contributed by atoms with Gasteiger partial charge in [-0.15, -0.1) is 0 Å². The number of rotatable bonds is 8. The first-order chi connectivity index (χ1) is 18.9. The molecule has 0 aliphatic carbocycles. The molecule has 41 heavy (non-hydrogen) atoms. The summed E-state index contributed by atoms with van der Waals surface area (Å²) in [5, 5.41) is 0.514. The number of hydrogen-bond acceptors (Lipinski definition) is 6. The van der Waals surface area contributed by atoms with Crippen LogP contribution in [0.25, 0.3) is 0 Å². The number of carbonyl (C=O) groups is 3. The van der Waals surface area contributed by atoms with Crippen molar-refractivity contribution in [3.05, 3.63) is 80.6 Å². The molecular formula is C23H12F2I6N2O7S. The van der Waals surface area contributed by atoms with Crippen molar-refractivity contribution in [3.63, 3.8) is 0 Å². The van der Waals surface area contributed by atoms with Crippen LogP contribution in [0.4, 0.5) is 20.2 Å². The molecule has 0 saturated heterocycles. The Hall–Kier alpha value is 0.220. The van der Waals surface area contributed by atoms with Gasteiger partial charge >= 0.3 is 21.3 Å². The molecule has 0 radical (unpaired) electrons. The summed E-state index contributed by atoms with van der Waals surface area (Å²) in [6.07, 6.45) is 0. The average molecular weight is 1260 g/mol. The van der Waals surface area contributed by atoms with Crippen LogP contribution in [0.5, 0.6) is 0 Å². The molecule has 0 aromatic heterocycles.